The second-order valence-corrected chi connectivity index (χ2v) is 8.29. The van der Waals surface area contributed by atoms with E-state index in [9.17, 15) is 9.90 Å². The Morgan fingerprint density at radius 1 is 1.03 bits per heavy atom. The highest BCUT2D eigenvalue weighted by Gasteiger charge is 2.38. The van der Waals surface area contributed by atoms with Crippen molar-refractivity contribution >= 4 is 11.6 Å². The molecule has 2 heterocycles. The van der Waals surface area contributed by atoms with Gasteiger partial charge in [0.25, 0.3) is 0 Å². The van der Waals surface area contributed by atoms with Gasteiger partial charge in [0.15, 0.2) is 17.5 Å². The number of benzene rings is 2. The number of rotatable bonds is 7. The Kier molecular flexibility index (Phi) is 6.05. The molecule has 8 nitrogen and oxygen atoms in total. The van der Waals surface area contributed by atoms with Crippen molar-refractivity contribution in [1.82, 2.24) is 9.38 Å². The van der Waals surface area contributed by atoms with E-state index in [-0.39, 0.29) is 12.2 Å². The standard InChI is InChI=1S/C27H26N2O6/c1-16-19(15-30)29-13-7-12-22(26(29)28-16)34-25-18-9-5-4-8-17(18)14-23(25)35-27(31)24-20(32-2)10-6-11-21(24)33-3/h4-13,23,25,30H,14-15H2,1-3H3/t23-,25-/m1/s1. The molecular weight excluding hydrogens is 448 g/mol. The molecule has 0 bridgehead atoms. The third-order valence-corrected chi connectivity index (χ3v) is 6.33. The molecule has 4 aromatic rings. The normalized spacial score (nSPS) is 16.7. The molecule has 0 amide bonds. The summed E-state index contributed by atoms with van der Waals surface area (Å²) >= 11 is 0. The molecule has 2 aromatic heterocycles. The zero-order valence-corrected chi connectivity index (χ0v) is 19.7. The predicted molar refractivity (Wildman–Crippen MR) is 128 cm³/mol. The first kappa shape index (κ1) is 22.7. The van der Waals surface area contributed by atoms with Gasteiger partial charge in [0.2, 0.25) is 0 Å². The second kappa shape index (κ2) is 9.31. The van der Waals surface area contributed by atoms with Crippen LogP contribution in [0.4, 0.5) is 0 Å². The number of carbonyl (C=O) groups excluding carboxylic acids is 1. The Bertz CT molecular complexity index is 1370. The van der Waals surface area contributed by atoms with Gasteiger partial charge in [-0.25, -0.2) is 9.78 Å². The molecule has 5 rings (SSSR count). The van der Waals surface area contributed by atoms with Crippen molar-refractivity contribution in [2.45, 2.75) is 32.2 Å². The van der Waals surface area contributed by atoms with E-state index in [1.54, 1.807) is 18.2 Å². The summed E-state index contributed by atoms with van der Waals surface area (Å²) < 4.78 is 25.1. The fourth-order valence-electron chi connectivity index (χ4n) is 4.64. The molecule has 0 unspecified atom stereocenters. The lowest BCUT2D eigenvalue weighted by molar-refractivity contribution is -0.00335. The van der Waals surface area contributed by atoms with Gasteiger partial charge < -0.3 is 24.1 Å². The minimum Gasteiger partial charge on any atom is -0.496 e. The minimum absolute atomic E-state index is 0.135. The molecule has 0 aliphatic heterocycles. The molecule has 2 aromatic carbocycles. The van der Waals surface area contributed by atoms with E-state index in [0.29, 0.717) is 35.0 Å². The van der Waals surface area contributed by atoms with E-state index in [1.165, 1.54) is 14.2 Å². The number of fused-ring (bicyclic) bond motifs is 2. The number of ether oxygens (including phenoxy) is 4. The number of esters is 1. The summed E-state index contributed by atoms with van der Waals surface area (Å²) in [5.41, 5.74) is 4.24. The highest BCUT2D eigenvalue weighted by atomic mass is 16.6. The number of imidazole rings is 1. The Balaban J connectivity index is 1.50. The van der Waals surface area contributed by atoms with E-state index >= 15 is 0 Å². The molecule has 0 radical (unpaired) electrons. The lowest BCUT2D eigenvalue weighted by Crippen LogP contribution is -2.27. The van der Waals surface area contributed by atoms with Crippen molar-refractivity contribution in [3.8, 4) is 17.2 Å². The maximum atomic E-state index is 13.3. The highest BCUT2D eigenvalue weighted by molar-refractivity contribution is 5.95. The Morgan fingerprint density at radius 3 is 2.46 bits per heavy atom. The van der Waals surface area contributed by atoms with Gasteiger partial charge in [-0.1, -0.05) is 30.3 Å². The summed E-state index contributed by atoms with van der Waals surface area (Å²) in [6.07, 6.45) is 1.21. The summed E-state index contributed by atoms with van der Waals surface area (Å²) in [6, 6.07) is 16.7. The average molecular weight is 475 g/mol. The summed E-state index contributed by atoms with van der Waals surface area (Å²) in [4.78, 5) is 17.9. The van der Waals surface area contributed by atoms with Crippen LogP contribution in [0.5, 0.6) is 17.2 Å². The van der Waals surface area contributed by atoms with Crippen LogP contribution in [-0.4, -0.2) is 40.8 Å². The summed E-state index contributed by atoms with van der Waals surface area (Å²) in [7, 11) is 2.99. The molecule has 1 aliphatic carbocycles. The lowest BCUT2D eigenvalue weighted by Gasteiger charge is -2.23. The number of nitrogens with zero attached hydrogens (tertiary/aromatic N) is 2. The number of aromatic nitrogens is 2. The molecule has 1 aliphatic rings. The number of aliphatic hydroxyl groups is 1. The Hall–Kier alpha value is -4.04. The smallest absolute Gasteiger partial charge is 0.346 e. The van der Waals surface area contributed by atoms with Crippen molar-refractivity contribution in [2.75, 3.05) is 14.2 Å². The van der Waals surface area contributed by atoms with Crippen molar-refractivity contribution in [3.63, 3.8) is 0 Å². The Morgan fingerprint density at radius 2 is 1.74 bits per heavy atom. The van der Waals surface area contributed by atoms with Gasteiger partial charge in [-0.3, -0.25) is 4.40 Å². The maximum Gasteiger partial charge on any atom is 0.346 e. The third-order valence-electron chi connectivity index (χ3n) is 6.33. The molecule has 0 saturated heterocycles. The van der Waals surface area contributed by atoms with Crippen molar-refractivity contribution in [1.29, 1.82) is 0 Å². The summed E-state index contributed by atoms with van der Waals surface area (Å²) in [5, 5.41) is 9.77. The Labute approximate surface area is 202 Å². The topological polar surface area (TPSA) is 91.5 Å². The van der Waals surface area contributed by atoms with Crippen LogP contribution in [0.25, 0.3) is 5.65 Å². The van der Waals surface area contributed by atoms with E-state index in [0.717, 1.165) is 16.8 Å². The number of aryl methyl sites for hydroxylation is 1. The van der Waals surface area contributed by atoms with Crippen LogP contribution in [0, 0.1) is 6.92 Å². The van der Waals surface area contributed by atoms with E-state index in [4.69, 9.17) is 18.9 Å². The number of aliphatic hydroxyl groups excluding tert-OH is 1. The largest absolute Gasteiger partial charge is 0.496 e. The van der Waals surface area contributed by atoms with Gasteiger partial charge in [-0.05, 0) is 42.3 Å². The van der Waals surface area contributed by atoms with Crippen LogP contribution in [0.15, 0.2) is 60.8 Å². The molecule has 0 spiro atoms. The number of hydrogen-bond donors (Lipinski definition) is 1. The van der Waals surface area contributed by atoms with Gasteiger partial charge in [0.05, 0.1) is 32.2 Å². The first-order valence-electron chi connectivity index (χ1n) is 11.3. The number of hydrogen-bond acceptors (Lipinski definition) is 7. The second-order valence-electron chi connectivity index (χ2n) is 8.29. The van der Waals surface area contributed by atoms with Crippen molar-refractivity contribution in [3.05, 3.63) is 88.9 Å². The molecule has 2 atom stereocenters. The van der Waals surface area contributed by atoms with Crippen LogP contribution >= 0.6 is 0 Å². The fraction of sp³-hybridized carbons (Fsp3) is 0.259. The summed E-state index contributed by atoms with van der Waals surface area (Å²) in [5.74, 6) is 0.726. The first-order valence-corrected chi connectivity index (χ1v) is 11.3. The number of methoxy groups -OCH3 is 2. The highest BCUT2D eigenvalue weighted by Crippen LogP contribution is 2.39. The number of carbonyl (C=O) groups is 1. The van der Waals surface area contributed by atoms with E-state index in [1.807, 2.05) is 53.9 Å². The van der Waals surface area contributed by atoms with Gasteiger partial charge >= 0.3 is 5.97 Å². The summed E-state index contributed by atoms with van der Waals surface area (Å²) in [6.45, 7) is 1.71. The van der Waals surface area contributed by atoms with E-state index in [2.05, 4.69) is 4.98 Å². The molecule has 1 N–H and O–H groups in total. The van der Waals surface area contributed by atoms with Crippen LogP contribution in [0.3, 0.4) is 0 Å². The van der Waals surface area contributed by atoms with Gasteiger partial charge in [0, 0.05) is 12.6 Å². The average Bonchev–Trinajstić information content (AvgIpc) is 3.39. The van der Waals surface area contributed by atoms with Crippen LogP contribution in [0.1, 0.15) is 39.0 Å². The molecule has 0 fully saturated rings. The molecule has 8 heteroatoms. The zero-order chi connectivity index (χ0) is 24.5. The van der Waals surface area contributed by atoms with E-state index < -0.39 is 18.2 Å². The zero-order valence-electron chi connectivity index (χ0n) is 19.7. The number of pyridine rings is 1. The fourth-order valence-corrected chi connectivity index (χ4v) is 4.64. The van der Waals surface area contributed by atoms with Crippen molar-refractivity contribution < 1.29 is 28.8 Å². The molecule has 35 heavy (non-hydrogen) atoms. The monoisotopic (exact) mass is 474 g/mol. The predicted octanol–water partition coefficient (Wildman–Crippen LogP) is 4.05. The van der Waals surface area contributed by atoms with Gasteiger partial charge in [0.1, 0.15) is 23.2 Å². The maximum absolute atomic E-state index is 13.3. The minimum atomic E-state index is -0.580. The quantitative estimate of drug-likeness (QED) is 0.404. The SMILES string of the molecule is COc1cccc(OC)c1C(=O)O[C@@H]1Cc2ccccc2[C@H]1Oc1cccn2c(CO)c(C)nc12. The van der Waals surface area contributed by atoms with Gasteiger partial charge in [-0.2, -0.15) is 0 Å². The first-order chi connectivity index (χ1) is 17.0. The van der Waals surface area contributed by atoms with Crippen LogP contribution in [-0.2, 0) is 17.8 Å². The molecule has 180 valence electrons. The third kappa shape index (κ3) is 3.95. The van der Waals surface area contributed by atoms with Crippen LogP contribution in [0.2, 0.25) is 0 Å². The van der Waals surface area contributed by atoms with Gasteiger partial charge in [-0.15, -0.1) is 0 Å². The molecular formula is C27H26N2O6. The van der Waals surface area contributed by atoms with Crippen molar-refractivity contribution in [2.24, 2.45) is 0 Å². The van der Waals surface area contributed by atoms with Crippen LogP contribution < -0.4 is 14.2 Å². The lowest BCUT2D eigenvalue weighted by atomic mass is 10.1. The molecule has 0 saturated carbocycles.